The average Bonchev–Trinajstić information content (AvgIpc) is 3.48. The maximum atomic E-state index is 13.1. The Kier molecular flexibility index (Phi) is 7.28. The zero-order valence-electron chi connectivity index (χ0n) is 22.0. The van der Waals surface area contributed by atoms with Crippen LogP contribution >= 0.6 is 0 Å². The van der Waals surface area contributed by atoms with E-state index in [0.717, 1.165) is 25.9 Å². The van der Waals surface area contributed by atoms with Crippen molar-refractivity contribution in [3.8, 4) is 6.07 Å². The predicted octanol–water partition coefficient (Wildman–Crippen LogP) is 1.44. The average molecular weight is 529 g/mol. The summed E-state index contributed by atoms with van der Waals surface area (Å²) in [5.74, 6) is -3.74. The Bertz CT molecular complexity index is 908. The van der Waals surface area contributed by atoms with Crippen LogP contribution in [0.5, 0.6) is 0 Å². The smallest absolute Gasteiger partial charge is 0.243 e. The summed E-state index contributed by atoms with van der Waals surface area (Å²) < 4.78 is 57.3. The molecular weight excluding hydrogens is 490 g/mol. The van der Waals surface area contributed by atoms with Crippen LogP contribution in [0.15, 0.2) is 0 Å². The summed E-state index contributed by atoms with van der Waals surface area (Å²) >= 11 is 0. The number of hydrogen-bond acceptors (Lipinski definition) is 9. The summed E-state index contributed by atoms with van der Waals surface area (Å²) in [6.07, 6.45) is -1.82. The van der Waals surface area contributed by atoms with E-state index in [9.17, 15) is 18.8 Å². The molecule has 1 unspecified atom stereocenters. The van der Waals surface area contributed by atoms with E-state index in [-0.39, 0.29) is 43.7 Å². The molecular formula is C25H38F2N4O6. The minimum atomic E-state index is -2.52. The highest BCUT2D eigenvalue weighted by molar-refractivity contribution is 5.79. The first-order valence-corrected chi connectivity index (χ1v) is 13.2. The van der Waals surface area contributed by atoms with Crippen LogP contribution in [-0.4, -0.2) is 109 Å². The Morgan fingerprint density at radius 2 is 1.86 bits per heavy atom. The topological polar surface area (TPSA) is 106 Å². The summed E-state index contributed by atoms with van der Waals surface area (Å²) in [5.41, 5.74) is 0. The van der Waals surface area contributed by atoms with Crippen molar-refractivity contribution in [3.05, 3.63) is 0 Å². The first-order chi connectivity index (χ1) is 17.4. The van der Waals surface area contributed by atoms with Crippen LogP contribution in [-0.2, 0) is 28.5 Å². The second kappa shape index (κ2) is 9.93. The molecule has 0 bridgehead atoms. The molecule has 0 aliphatic carbocycles. The van der Waals surface area contributed by atoms with Gasteiger partial charge in [0.05, 0.1) is 25.8 Å². The lowest BCUT2D eigenvalue weighted by atomic mass is 9.95. The molecule has 12 heteroatoms. The number of likely N-dealkylation sites (tertiary alicyclic amines) is 2. The zero-order chi connectivity index (χ0) is 26.6. The number of nitrogens with one attached hydrogen (secondary N) is 1. The van der Waals surface area contributed by atoms with Crippen molar-refractivity contribution in [1.29, 1.82) is 5.26 Å². The van der Waals surface area contributed by atoms with Gasteiger partial charge in [-0.25, -0.2) is 8.78 Å². The Hall–Kier alpha value is -1.46. The van der Waals surface area contributed by atoms with Crippen LogP contribution < -0.4 is 5.32 Å². The normalized spacial score (nSPS) is 39.5. The molecule has 5 aliphatic rings. The van der Waals surface area contributed by atoms with Gasteiger partial charge in [0.25, 0.3) is 0 Å². The first-order valence-electron chi connectivity index (χ1n) is 13.2. The number of amides is 1. The van der Waals surface area contributed by atoms with E-state index >= 15 is 0 Å². The number of fused-ring (bicyclic) bond motifs is 3. The van der Waals surface area contributed by atoms with E-state index in [2.05, 4.69) is 10.2 Å². The molecule has 37 heavy (non-hydrogen) atoms. The lowest BCUT2D eigenvalue weighted by Crippen LogP contribution is -2.63. The minimum absolute atomic E-state index is 0.0297. The number of alkyl halides is 2. The largest absolute Gasteiger partial charge is 0.343 e. The van der Waals surface area contributed by atoms with Gasteiger partial charge in [-0.1, -0.05) is 0 Å². The molecule has 0 spiro atoms. The molecule has 5 heterocycles. The van der Waals surface area contributed by atoms with Crippen molar-refractivity contribution in [1.82, 2.24) is 15.1 Å². The molecule has 5 aliphatic heterocycles. The monoisotopic (exact) mass is 528 g/mol. The number of nitrogens with zero attached hydrogens (tertiary/aromatic N) is 3. The highest BCUT2D eigenvalue weighted by Crippen LogP contribution is 2.48. The maximum Gasteiger partial charge on any atom is 0.243 e. The molecule has 1 N–H and O–H groups in total. The van der Waals surface area contributed by atoms with E-state index in [1.54, 1.807) is 0 Å². The number of nitriles is 1. The number of carbonyl (C=O) groups is 1. The van der Waals surface area contributed by atoms with E-state index in [1.165, 1.54) is 4.90 Å². The molecule has 0 saturated carbocycles. The zero-order valence-corrected chi connectivity index (χ0v) is 22.0. The highest BCUT2D eigenvalue weighted by Gasteiger charge is 2.65. The van der Waals surface area contributed by atoms with E-state index in [1.807, 2.05) is 33.8 Å². The predicted molar refractivity (Wildman–Crippen MR) is 125 cm³/mol. The number of piperidine rings is 1. The molecule has 1 amide bonds. The van der Waals surface area contributed by atoms with Gasteiger partial charge in [0.1, 0.15) is 24.4 Å². The second-order valence-electron chi connectivity index (χ2n) is 11.8. The Morgan fingerprint density at radius 3 is 2.54 bits per heavy atom. The fraction of sp³-hybridized carbons (Fsp3) is 0.920. The van der Waals surface area contributed by atoms with Gasteiger partial charge >= 0.3 is 0 Å². The summed E-state index contributed by atoms with van der Waals surface area (Å²) in [5, 5.41) is 12.5. The SMILES string of the molecule is CC1(C)O[C@@H]2[C@@H](CO[C@@]3(CN4CCC(NCC(=O)N5CC(C(F)F)C[C@H]5C#N)CC4)OC(C)(C)O[C@@H]23)O1. The van der Waals surface area contributed by atoms with Gasteiger partial charge in [-0.3, -0.25) is 9.69 Å². The van der Waals surface area contributed by atoms with Gasteiger partial charge < -0.3 is 33.9 Å². The molecule has 5 fully saturated rings. The van der Waals surface area contributed by atoms with Crippen LogP contribution in [0.3, 0.4) is 0 Å². The molecule has 0 aromatic heterocycles. The second-order valence-corrected chi connectivity index (χ2v) is 11.8. The summed E-state index contributed by atoms with van der Waals surface area (Å²) in [6, 6.07) is 1.32. The lowest BCUT2D eigenvalue weighted by molar-refractivity contribution is -0.287. The number of halogens is 2. The number of carbonyl (C=O) groups excluding carboxylic acids is 1. The van der Waals surface area contributed by atoms with Crippen LogP contribution in [0.4, 0.5) is 8.78 Å². The Balaban J connectivity index is 1.13. The third-order valence-electron chi connectivity index (χ3n) is 8.01. The van der Waals surface area contributed by atoms with Crippen LogP contribution in [0.2, 0.25) is 0 Å². The molecule has 0 aromatic carbocycles. The Morgan fingerprint density at radius 1 is 1.14 bits per heavy atom. The summed E-state index contributed by atoms with van der Waals surface area (Å²) in [4.78, 5) is 16.2. The quantitative estimate of drug-likeness (QED) is 0.548. The Labute approximate surface area is 216 Å². The molecule has 6 atom stereocenters. The number of hydrogen-bond donors (Lipinski definition) is 1. The minimum Gasteiger partial charge on any atom is -0.343 e. The fourth-order valence-electron chi connectivity index (χ4n) is 6.35. The van der Waals surface area contributed by atoms with E-state index in [0.29, 0.717) is 13.2 Å². The van der Waals surface area contributed by atoms with Gasteiger partial charge in [-0.15, -0.1) is 0 Å². The van der Waals surface area contributed by atoms with Crippen LogP contribution in [0.1, 0.15) is 47.0 Å². The van der Waals surface area contributed by atoms with Gasteiger partial charge in [0.2, 0.25) is 18.1 Å². The maximum absolute atomic E-state index is 13.1. The standard InChI is InChI=1S/C25H38F2N4O6/c1-23(2)34-18-13-33-25(21(20(18)35-23)36-24(3,4)37-25)14-30-7-5-16(6-8-30)29-11-19(32)31-12-15(22(26)27)9-17(31)10-28/h15-18,20-22,29H,5-9,11-14H2,1-4H3/t15?,17-,18+,20+,21-,25-/m0/s1. The molecule has 5 saturated heterocycles. The van der Waals surface area contributed by atoms with Crippen molar-refractivity contribution in [2.75, 3.05) is 39.3 Å². The molecule has 0 radical (unpaired) electrons. The van der Waals surface area contributed by atoms with Gasteiger partial charge in [-0.05, 0) is 60.0 Å². The van der Waals surface area contributed by atoms with Crippen LogP contribution in [0, 0.1) is 17.2 Å². The van der Waals surface area contributed by atoms with Crippen molar-refractivity contribution in [2.45, 2.75) is 101 Å². The fourth-order valence-corrected chi connectivity index (χ4v) is 6.35. The van der Waals surface area contributed by atoms with Crippen molar-refractivity contribution in [3.63, 3.8) is 0 Å². The van der Waals surface area contributed by atoms with E-state index in [4.69, 9.17) is 23.7 Å². The van der Waals surface area contributed by atoms with Gasteiger partial charge in [-0.2, -0.15) is 5.26 Å². The molecule has 10 nitrogen and oxygen atoms in total. The lowest BCUT2D eigenvalue weighted by Gasteiger charge is -2.44. The molecule has 0 aromatic rings. The van der Waals surface area contributed by atoms with Gasteiger partial charge in [0.15, 0.2) is 11.6 Å². The number of ether oxygens (including phenoxy) is 5. The van der Waals surface area contributed by atoms with E-state index < -0.39 is 41.9 Å². The third kappa shape index (κ3) is 5.50. The first kappa shape index (κ1) is 27.1. The number of rotatable bonds is 6. The summed E-state index contributed by atoms with van der Waals surface area (Å²) in [7, 11) is 0. The molecule has 208 valence electrons. The third-order valence-corrected chi connectivity index (χ3v) is 8.01. The van der Waals surface area contributed by atoms with Crippen LogP contribution in [0.25, 0.3) is 0 Å². The van der Waals surface area contributed by atoms with Crippen molar-refractivity contribution in [2.24, 2.45) is 5.92 Å². The highest BCUT2D eigenvalue weighted by atomic mass is 19.3. The van der Waals surface area contributed by atoms with Gasteiger partial charge in [0, 0.05) is 18.5 Å². The van der Waals surface area contributed by atoms with Crippen molar-refractivity contribution >= 4 is 5.91 Å². The van der Waals surface area contributed by atoms with Crippen molar-refractivity contribution < 1.29 is 37.3 Å². The molecule has 5 rings (SSSR count). The summed E-state index contributed by atoms with van der Waals surface area (Å²) in [6.45, 7) is 9.91.